The minimum atomic E-state index is -0.0685. The van der Waals surface area contributed by atoms with E-state index < -0.39 is 0 Å². The molecule has 0 aliphatic carbocycles. The minimum Gasteiger partial charge on any atom is -0.394 e. The van der Waals surface area contributed by atoms with E-state index in [4.69, 9.17) is 10.7 Å². The Labute approximate surface area is 167 Å². The highest BCUT2D eigenvalue weighted by molar-refractivity contribution is 7.98. The molecule has 0 bridgehead atoms. The van der Waals surface area contributed by atoms with Crippen LogP contribution >= 0.6 is 23.1 Å². The summed E-state index contributed by atoms with van der Waals surface area (Å²) >= 11 is 2.93. The van der Waals surface area contributed by atoms with Crippen molar-refractivity contribution in [1.82, 2.24) is 15.0 Å². The SMILES string of the molecule is Cc1cccc(CSc2nc(NC(CO)CC(C)C)c3sc(N)nc3n2)c1. The van der Waals surface area contributed by atoms with E-state index >= 15 is 0 Å². The standard InChI is InChI=1S/C19H25N5OS2/c1-11(2)7-14(9-25)21-16-15-17(22-18(20)27-15)24-19(23-16)26-10-13-6-4-5-12(3)8-13/h4-6,8,11,14,25H,7,9-10H2,1-3H3,(H3,20,21,22,23,24). The molecule has 8 heteroatoms. The van der Waals surface area contributed by atoms with E-state index in [2.05, 4.69) is 60.3 Å². The number of aliphatic hydroxyl groups excluding tert-OH is 1. The number of thiazole rings is 1. The van der Waals surface area contributed by atoms with E-state index in [1.165, 1.54) is 22.5 Å². The molecule has 1 atom stereocenters. The molecule has 0 saturated carbocycles. The lowest BCUT2D eigenvalue weighted by atomic mass is 10.0. The number of fused-ring (bicyclic) bond motifs is 1. The number of thioether (sulfide) groups is 1. The van der Waals surface area contributed by atoms with Gasteiger partial charge in [-0.05, 0) is 24.8 Å². The van der Waals surface area contributed by atoms with Crippen molar-refractivity contribution >= 4 is 44.4 Å². The van der Waals surface area contributed by atoms with Crippen molar-refractivity contribution in [2.45, 2.75) is 44.1 Å². The van der Waals surface area contributed by atoms with Gasteiger partial charge in [0.05, 0.1) is 12.6 Å². The number of nitrogens with one attached hydrogen (secondary N) is 1. The van der Waals surface area contributed by atoms with Crippen LogP contribution in [0.25, 0.3) is 10.3 Å². The molecule has 2 heterocycles. The highest BCUT2D eigenvalue weighted by atomic mass is 32.2. The second-order valence-corrected chi connectivity index (χ2v) is 8.96. The summed E-state index contributed by atoms with van der Waals surface area (Å²) in [5.41, 5.74) is 8.95. The van der Waals surface area contributed by atoms with Crippen LogP contribution in [0.15, 0.2) is 29.4 Å². The van der Waals surface area contributed by atoms with Gasteiger partial charge in [-0.1, -0.05) is 66.8 Å². The molecule has 0 aliphatic heterocycles. The first-order chi connectivity index (χ1) is 12.9. The Kier molecular flexibility index (Phi) is 6.51. The van der Waals surface area contributed by atoms with Crippen molar-refractivity contribution in [1.29, 1.82) is 0 Å². The Hall–Kier alpha value is -1.90. The Morgan fingerprint density at radius 1 is 1.26 bits per heavy atom. The average Bonchev–Trinajstić information content (AvgIpc) is 2.99. The largest absolute Gasteiger partial charge is 0.394 e. The number of rotatable bonds is 8. The van der Waals surface area contributed by atoms with Gasteiger partial charge in [0.15, 0.2) is 21.8 Å². The lowest BCUT2D eigenvalue weighted by Gasteiger charge is -2.19. The summed E-state index contributed by atoms with van der Waals surface area (Å²) in [7, 11) is 0. The molecule has 0 spiro atoms. The number of nitrogens with zero attached hydrogens (tertiary/aromatic N) is 3. The number of aryl methyl sites for hydroxylation is 1. The fourth-order valence-electron chi connectivity index (χ4n) is 2.87. The van der Waals surface area contributed by atoms with Crippen molar-refractivity contribution in [3.05, 3.63) is 35.4 Å². The molecule has 0 fully saturated rings. The van der Waals surface area contributed by atoms with E-state index in [-0.39, 0.29) is 12.6 Å². The van der Waals surface area contributed by atoms with Gasteiger partial charge in [0, 0.05) is 5.75 Å². The minimum absolute atomic E-state index is 0.0454. The lowest BCUT2D eigenvalue weighted by Crippen LogP contribution is -2.26. The zero-order chi connectivity index (χ0) is 19.4. The second-order valence-electron chi connectivity index (χ2n) is 6.99. The van der Waals surface area contributed by atoms with E-state index in [0.717, 1.165) is 16.9 Å². The fourth-order valence-corrected chi connectivity index (χ4v) is 4.38. The molecule has 1 unspecified atom stereocenters. The van der Waals surface area contributed by atoms with Gasteiger partial charge in [0.25, 0.3) is 0 Å². The summed E-state index contributed by atoms with van der Waals surface area (Å²) in [4.78, 5) is 13.6. The highest BCUT2D eigenvalue weighted by Crippen LogP contribution is 2.32. The van der Waals surface area contributed by atoms with E-state index in [1.807, 2.05) is 0 Å². The third kappa shape index (κ3) is 5.31. The molecule has 0 saturated heterocycles. The molecule has 4 N–H and O–H groups in total. The first-order valence-electron chi connectivity index (χ1n) is 8.94. The van der Waals surface area contributed by atoms with Crippen LogP contribution in [0.4, 0.5) is 10.9 Å². The van der Waals surface area contributed by atoms with Crippen LogP contribution in [0.1, 0.15) is 31.4 Å². The van der Waals surface area contributed by atoms with Crippen LogP contribution in [-0.2, 0) is 5.75 Å². The van der Waals surface area contributed by atoms with Crippen LogP contribution in [0.2, 0.25) is 0 Å². The quantitative estimate of drug-likeness (QED) is 0.385. The molecule has 1 aromatic carbocycles. The molecule has 2 aromatic heterocycles. The highest BCUT2D eigenvalue weighted by Gasteiger charge is 2.17. The second kappa shape index (κ2) is 8.86. The Morgan fingerprint density at radius 2 is 2.07 bits per heavy atom. The van der Waals surface area contributed by atoms with Crippen LogP contribution in [-0.4, -0.2) is 32.7 Å². The molecular weight excluding hydrogens is 378 g/mol. The molecule has 144 valence electrons. The summed E-state index contributed by atoms with van der Waals surface area (Å²) in [5.74, 6) is 1.94. The van der Waals surface area contributed by atoms with Crippen LogP contribution in [0, 0.1) is 12.8 Å². The van der Waals surface area contributed by atoms with Crippen LogP contribution in [0.5, 0.6) is 0 Å². The maximum atomic E-state index is 9.71. The van der Waals surface area contributed by atoms with Crippen molar-refractivity contribution in [3.8, 4) is 0 Å². The summed E-state index contributed by atoms with van der Waals surface area (Å²) in [5, 5.41) is 14.2. The molecular formula is C19H25N5OS2. The summed E-state index contributed by atoms with van der Waals surface area (Å²) in [6.45, 7) is 6.39. The lowest BCUT2D eigenvalue weighted by molar-refractivity contribution is 0.259. The van der Waals surface area contributed by atoms with Crippen molar-refractivity contribution in [2.24, 2.45) is 5.92 Å². The van der Waals surface area contributed by atoms with E-state index in [1.54, 1.807) is 11.8 Å². The molecule has 3 aromatic rings. The number of benzene rings is 1. The number of nitrogen functional groups attached to an aromatic ring is 1. The van der Waals surface area contributed by atoms with Gasteiger partial charge in [-0.25, -0.2) is 15.0 Å². The number of aliphatic hydroxyl groups is 1. The molecule has 27 heavy (non-hydrogen) atoms. The smallest absolute Gasteiger partial charge is 0.191 e. The maximum absolute atomic E-state index is 9.71. The van der Waals surface area contributed by atoms with Crippen molar-refractivity contribution < 1.29 is 5.11 Å². The van der Waals surface area contributed by atoms with Gasteiger partial charge < -0.3 is 16.2 Å². The van der Waals surface area contributed by atoms with Gasteiger partial charge in [0.2, 0.25) is 0 Å². The topological polar surface area (TPSA) is 97.0 Å². The summed E-state index contributed by atoms with van der Waals surface area (Å²) in [6, 6.07) is 8.33. The van der Waals surface area contributed by atoms with Gasteiger partial charge in [0.1, 0.15) is 4.70 Å². The fraction of sp³-hybridized carbons (Fsp3) is 0.421. The van der Waals surface area contributed by atoms with Gasteiger partial charge in [-0.3, -0.25) is 0 Å². The summed E-state index contributed by atoms with van der Waals surface area (Å²) in [6.07, 6.45) is 0.849. The average molecular weight is 404 g/mol. The van der Waals surface area contributed by atoms with E-state index in [9.17, 15) is 5.11 Å². The molecule has 6 nitrogen and oxygen atoms in total. The number of aromatic nitrogens is 3. The van der Waals surface area contributed by atoms with E-state index in [0.29, 0.717) is 27.7 Å². The Morgan fingerprint density at radius 3 is 2.78 bits per heavy atom. The number of nitrogens with two attached hydrogens (primary N) is 1. The predicted molar refractivity (Wildman–Crippen MR) is 114 cm³/mol. The zero-order valence-electron chi connectivity index (χ0n) is 15.8. The third-order valence-corrected chi connectivity index (χ3v) is 5.82. The number of hydrogen-bond donors (Lipinski definition) is 3. The molecule has 3 rings (SSSR count). The van der Waals surface area contributed by atoms with Crippen LogP contribution < -0.4 is 11.1 Å². The number of anilines is 2. The summed E-state index contributed by atoms with van der Waals surface area (Å²) < 4.78 is 0.828. The van der Waals surface area contributed by atoms with Gasteiger partial charge >= 0.3 is 0 Å². The first kappa shape index (κ1) is 19.9. The molecule has 0 amide bonds. The monoisotopic (exact) mass is 403 g/mol. The van der Waals surface area contributed by atoms with Crippen molar-refractivity contribution in [2.75, 3.05) is 17.7 Å². The first-order valence-corrected chi connectivity index (χ1v) is 10.7. The maximum Gasteiger partial charge on any atom is 0.191 e. The molecule has 0 radical (unpaired) electrons. The Balaban J connectivity index is 1.85. The van der Waals surface area contributed by atoms with Gasteiger partial charge in [-0.15, -0.1) is 0 Å². The van der Waals surface area contributed by atoms with Gasteiger partial charge in [-0.2, -0.15) is 0 Å². The normalized spacial score (nSPS) is 12.6. The zero-order valence-corrected chi connectivity index (χ0v) is 17.4. The number of hydrogen-bond acceptors (Lipinski definition) is 8. The predicted octanol–water partition coefficient (Wildman–Crippen LogP) is 4.09. The Bertz CT molecular complexity index is 912. The third-order valence-electron chi connectivity index (χ3n) is 4.02. The van der Waals surface area contributed by atoms with Crippen LogP contribution in [0.3, 0.4) is 0 Å². The molecule has 0 aliphatic rings. The van der Waals surface area contributed by atoms with Crippen molar-refractivity contribution in [3.63, 3.8) is 0 Å².